The molecule has 17 heavy (non-hydrogen) atoms. The molecule has 2 fully saturated rings. The maximum atomic E-state index is 8.82. The standard InChI is InChI=1S/C13H14ClN3/c14-12-3-9(4-15)1-2-13(12)17-7-10-5-16-6-11(10)8-17/h1-3,10-11,16H,5-8H2/t10-,11+. The lowest BCUT2D eigenvalue weighted by Crippen LogP contribution is -2.25. The Morgan fingerprint density at radius 2 is 2.00 bits per heavy atom. The molecule has 2 aliphatic heterocycles. The minimum Gasteiger partial charge on any atom is -0.370 e. The number of hydrogen-bond acceptors (Lipinski definition) is 3. The first-order valence-corrected chi connectivity index (χ1v) is 6.31. The highest BCUT2D eigenvalue weighted by Crippen LogP contribution is 2.34. The van der Waals surface area contributed by atoms with Crippen molar-refractivity contribution in [2.24, 2.45) is 11.8 Å². The zero-order chi connectivity index (χ0) is 11.8. The number of nitriles is 1. The highest BCUT2D eigenvalue weighted by atomic mass is 35.5. The quantitative estimate of drug-likeness (QED) is 0.824. The van der Waals surface area contributed by atoms with Gasteiger partial charge in [-0.15, -0.1) is 0 Å². The Bertz CT molecular complexity index is 468. The molecule has 1 aromatic carbocycles. The number of nitrogens with zero attached hydrogens (tertiary/aromatic N) is 2. The Labute approximate surface area is 106 Å². The lowest BCUT2D eigenvalue weighted by molar-refractivity contribution is 0.533. The molecule has 1 N–H and O–H groups in total. The maximum absolute atomic E-state index is 8.82. The first-order valence-electron chi connectivity index (χ1n) is 5.93. The van der Waals surface area contributed by atoms with Crippen LogP contribution in [0.2, 0.25) is 5.02 Å². The van der Waals surface area contributed by atoms with E-state index in [0.717, 1.165) is 43.7 Å². The third-order valence-corrected chi connectivity index (χ3v) is 4.11. The fourth-order valence-corrected chi connectivity index (χ4v) is 3.19. The fourth-order valence-electron chi connectivity index (χ4n) is 2.88. The van der Waals surface area contributed by atoms with Crippen molar-refractivity contribution in [2.75, 3.05) is 31.1 Å². The van der Waals surface area contributed by atoms with Gasteiger partial charge in [-0.3, -0.25) is 0 Å². The molecule has 0 aliphatic carbocycles. The van der Waals surface area contributed by atoms with Crippen molar-refractivity contribution in [1.82, 2.24) is 5.32 Å². The van der Waals surface area contributed by atoms with E-state index < -0.39 is 0 Å². The van der Waals surface area contributed by atoms with Gasteiger partial charge in [0.15, 0.2) is 0 Å². The summed E-state index contributed by atoms with van der Waals surface area (Å²) in [6, 6.07) is 7.67. The van der Waals surface area contributed by atoms with Crippen LogP contribution in [0, 0.1) is 23.2 Å². The summed E-state index contributed by atoms with van der Waals surface area (Å²) in [7, 11) is 0. The van der Waals surface area contributed by atoms with Crippen LogP contribution in [0.4, 0.5) is 5.69 Å². The van der Waals surface area contributed by atoms with Crippen molar-refractivity contribution in [1.29, 1.82) is 5.26 Å². The van der Waals surface area contributed by atoms with Crippen LogP contribution in [0.5, 0.6) is 0 Å². The fraction of sp³-hybridized carbons (Fsp3) is 0.462. The van der Waals surface area contributed by atoms with Gasteiger partial charge in [-0.2, -0.15) is 5.26 Å². The van der Waals surface area contributed by atoms with E-state index in [1.807, 2.05) is 12.1 Å². The van der Waals surface area contributed by atoms with Crippen molar-refractivity contribution in [3.05, 3.63) is 28.8 Å². The summed E-state index contributed by atoms with van der Waals surface area (Å²) in [6.45, 7) is 4.39. The van der Waals surface area contributed by atoms with Crippen molar-refractivity contribution in [3.63, 3.8) is 0 Å². The smallest absolute Gasteiger partial charge is 0.0992 e. The Hall–Kier alpha value is -1.24. The van der Waals surface area contributed by atoms with E-state index in [4.69, 9.17) is 16.9 Å². The minimum atomic E-state index is 0.625. The molecule has 0 amide bonds. The monoisotopic (exact) mass is 247 g/mol. The molecule has 2 heterocycles. The summed E-state index contributed by atoms with van der Waals surface area (Å²) in [5, 5.41) is 12.9. The Balaban J connectivity index is 1.84. The van der Waals surface area contributed by atoms with Crippen molar-refractivity contribution < 1.29 is 0 Å². The average molecular weight is 248 g/mol. The molecule has 0 radical (unpaired) electrons. The van der Waals surface area contributed by atoms with Gasteiger partial charge in [-0.1, -0.05) is 11.6 Å². The maximum Gasteiger partial charge on any atom is 0.0992 e. The van der Waals surface area contributed by atoms with E-state index >= 15 is 0 Å². The highest BCUT2D eigenvalue weighted by Gasteiger charge is 2.36. The molecule has 2 aliphatic rings. The number of anilines is 1. The highest BCUT2D eigenvalue weighted by molar-refractivity contribution is 6.33. The largest absolute Gasteiger partial charge is 0.370 e. The molecule has 0 unspecified atom stereocenters. The van der Waals surface area contributed by atoms with Crippen LogP contribution in [-0.4, -0.2) is 26.2 Å². The van der Waals surface area contributed by atoms with Gasteiger partial charge < -0.3 is 10.2 Å². The van der Waals surface area contributed by atoms with Crippen LogP contribution in [-0.2, 0) is 0 Å². The van der Waals surface area contributed by atoms with Crippen molar-refractivity contribution >= 4 is 17.3 Å². The molecule has 4 heteroatoms. The zero-order valence-electron chi connectivity index (χ0n) is 9.49. The van der Waals surface area contributed by atoms with Crippen LogP contribution in [0.3, 0.4) is 0 Å². The van der Waals surface area contributed by atoms with Gasteiger partial charge in [0.2, 0.25) is 0 Å². The second-order valence-corrected chi connectivity index (χ2v) is 5.27. The topological polar surface area (TPSA) is 39.1 Å². The summed E-state index contributed by atoms with van der Waals surface area (Å²) in [4.78, 5) is 2.35. The Morgan fingerprint density at radius 1 is 1.29 bits per heavy atom. The predicted molar refractivity (Wildman–Crippen MR) is 68.2 cm³/mol. The molecule has 3 rings (SSSR count). The number of fused-ring (bicyclic) bond motifs is 1. The summed E-state index contributed by atoms with van der Waals surface area (Å²) in [5.41, 5.74) is 1.69. The van der Waals surface area contributed by atoms with Crippen LogP contribution in [0.1, 0.15) is 5.56 Å². The molecule has 2 saturated heterocycles. The third kappa shape index (κ3) is 1.88. The second-order valence-electron chi connectivity index (χ2n) is 4.86. The van der Waals surface area contributed by atoms with E-state index in [-0.39, 0.29) is 0 Å². The lowest BCUT2D eigenvalue weighted by atomic mass is 10.0. The third-order valence-electron chi connectivity index (χ3n) is 3.81. The van der Waals surface area contributed by atoms with Gasteiger partial charge >= 0.3 is 0 Å². The van der Waals surface area contributed by atoms with Gasteiger partial charge in [0, 0.05) is 26.2 Å². The van der Waals surface area contributed by atoms with Gasteiger partial charge in [-0.05, 0) is 30.0 Å². The van der Waals surface area contributed by atoms with Crippen LogP contribution in [0.15, 0.2) is 18.2 Å². The van der Waals surface area contributed by atoms with Crippen LogP contribution >= 0.6 is 11.6 Å². The number of hydrogen-bond donors (Lipinski definition) is 1. The molecule has 0 spiro atoms. The molecular weight excluding hydrogens is 234 g/mol. The molecule has 88 valence electrons. The van der Waals surface area contributed by atoms with Gasteiger partial charge in [0.1, 0.15) is 0 Å². The van der Waals surface area contributed by atoms with E-state index in [9.17, 15) is 0 Å². The SMILES string of the molecule is N#Cc1ccc(N2C[C@H]3CNC[C@H]3C2)c(Cl)c1. The predicted octanol–water partition coefficient (Wildman–Crippen LogP) is 1.87. The lowest BCUT2D eigenvalue weighted by Gasteiger charge is -2.21. The number of rotatable bonds is 1. The van der Waals surface area contributed by atoms with Gasteiger partial charge in [-0.25, -0.2) is 0 Å². The van der Waals surface area contributed by atoms with E-state index in [1.54, 1.807) is 6.07 Å². The summed E-state index contributed by atoms with van der Waals surface area (Å²) in [5.74, 6) is 1.50. The normalized spacial score (nSPS) is 26.9. The number of benzene rings is 1. The number of halogens is 1. The molecule has 0 aromatic heterocycles. The Morgan fingerprint density at radius 3 is 2.59 bits per heavy atom. The molecule has 0 bridgehead atoms. The van der Waals surface area contributed by atoms with E-state index in [1.165, 1.54) is 0 Å². The average Bonchev–Trinajstić information content (AvgIpc) is 2.89. The summed E-state index contributed by atoms with van der Waals surface area (Å²) < 4.78 is 0. The minimum absolute atomic E-state index is 0.625. The molecule has 2 atom stereocenters. The second kappa shape index (κ2) is 4.21. The van der Waals surface area contributed by atoms with E-state index in [0.29, 0.717) is 10.6 Å². The molecule has 1 aromatic rings. The van der Waals surface area contributed by atoms with Crippen LogP contribution < -0.4 is 10.2 Å². The molecule has 0 saturated carbocycles. The first kappa shape index (κ1) is 10.9. The van der Waals surface area contributed by atoms with Crippen LogP contribution in [0.25, 0.3) is 0 Å². The Kier molecular flexibility index (Phi) is 2.70. The zero-order valence-corrected chi connectivity index (χ0v) is 10.2. The number of nitrogens with one attached hydrogen (secondary N) is 1. The van der Waals surface area contributed by atoms with Gasteiger partial charge in [0.05, 0.1) is 22.3 Å². The first-order chi connectivity index (χ1) is 8.28. The molecular formula is C13H14ClN3. The summed E-state index contributed by atoms with van der Waals surface area (Å²) in [6.07, 6.45) is 0. The van der Waals surface area contributed by atoms with Crippen molar-refractivity contribution in [3.8, 4) is 6.07 Å². The van der Waals surface area contributed by atoms with Crippen molar-refractivity contribution in [2.45, 2.75) is 0 Å². The summed E-state index contributed by atoms with van der Waals surface area (Å²) >= 11 is 6.24. The molecule has 3 nitrogen and oxygen atoms in total. The van der Waals surface area contributed by atoms with Gasteiger partial charge in [0.25, 0.3) is 0 Å². The van der Waals surface area contributed by atoms with E-state index in [2.05, 4.69) is 16.3 Å².